The van der Waals surface area contributed by atoms with E-state index in [1.54, 1.807) is 7.05 Å². The fourth-order valence-corrected chi connectivity index (χ4v) is 4.08. The van der Waals surface area contributed by atoms with E-state index in [1.165, 1.54) is 21.1 Å². The Morgan fingerprint density at radius 2 is 2.10 bits per heavy atom. The third-order valence-corrected chi connectivity index (χ3v) is 5.70. The van der Waals surface area contributed by atoms with Crippen molar-refractivity contribution in [3.8, 4) is 0 Å². The number of aromatic nitrogens is 1. The van der Waals surface area contributed by atoms with Crippen molar-refractivity contribution in [2.45, 2.75) is 18.2 Å². The first kappa shape index (κ1) is 18.0. The molecule has 0 spiro atoms. The molecule has 120 valence electrons. The van der Waals surface area contributed by atoms with Crippen LogP contribution in [0.3, 0.4) is 0 Å². The van der Waals surface area contributed by atoms with Gasteiger partial charge in [-0.1, -0.05) is 6.92 Å². The monoisotopic (exact) mass is 336 g/mol. The zero-order valence-corrected chi connectivity index (χ0v) is 13.7. The zero-order chi connectivity index (χ0) is 15.1. The molecule has 9 heteroatoms. The maximum atomic E-state index is 12.5. The first-order valence-electron chi connectivity index (χ1n) is 6.36. The number of aryl methyl sites for hydroxylation is 1. The second-order valence-corrected chi connectivity index (χ2v) is 7.58. The molecule has 1 saturated heterocycles. The first-order valence-corrected chi connectivity index (χ1v) is 7.80. The molecule has 1 aromatic rings. The molecular weight excluding hydrogens is 316 g/mol. The van der Waals surface area contributed by atoms with Crippen LogP contribution >= 0.6 is 12.4 Å². The van der Waals surface area contributed by atoms with Crippen LogP contribution in [0, 0.1) is 5.41 Å². The van der Waals surface area contributed by atoms with Crippen molar-refractivity contribution in [2.75, 3.05) is 19.6 Å². The van der Waals surface area contributed by atoms with E-state index in [9.17, 15) is 13.2 Å². The van der Waals surface area contributed by atoms with Gasteiger partial charge in [0.15, 0.2) is 0 Å². The molecule has 1 fully saturated rings. The van der Waals surface area contributed by atoms with Crippen LogP contribution in [0.4, 0.5) is 0 Å². The molecule has 0 aromatic carbocycles. The Morgan fingerprint density at radius 1 is 1.48 bits per heavy atom. The molecule has 0 radical (unpaired) electrons. The van der Waals surface area contributed by atoms with Gasteiger partial charge in [0.1, 0.15) is 10.6 Å². The van der Waals surface area contributed by atoms with Gasteiger partial charge in [0.25, 0.3) is 5.91 Å². The third-order valence-electron chi connectivity index (χ3n) is 3.89. The summed E-state index contributed by atoms with van der Waals surface area (Å²) in [5, 5.41) is 0. The minimum absolute atomic E-state index is 0. The van der Waals surface area contributed by atoms with E-state index in [0.29, 0.717) is 19.6 Å². The average molecular weight is 337 g/mol. The van der Waals surface area contributed by atoms with E-state index in [1.807, 2.05) is 6.92 Å². The lowest BCUT2D eigenvalue weighted by Crippen LogP contribution is -2.34. The summed E-state index contributed by atoms with van der Waals surface area (Å²) < 4.78 is 27.9. The Labute approximate surface area is 130 Å². The van der Waals surface area contributed by atoms with Crippen LogP contribution in [0.5, 0.6) is 0 Å². The lowest BCUT2D eigenvalue weighted by atomic mass is 9.90. The van der Waals surface area contributed by atoms with Crippen molar-refractivity contribution >= 4 is 28.3 Å². The van der Waals surface area contributed by atoms with Crippen molar-refractivity contribution < 1.29 is 13.2 Å². The summed E-state index contributed by atoms with van der Waals surface area (Å²) >= 11 is 0. The number of nitrogens with zero attached hydrogens (tertiary/aromatic N) is 2. The van der Waals surface area contributed by atoms with Crippen molar-refractivity contribution in [3.63, 3.8) is 0 Å². The molecule has 0 saturated carbocycles. The average Bonchev–Trinajstić information content (AvgIpc) is 2.94. The highest BCUT2D eigenvalue weighted by Crippen LogP contribution is 2.32. The van der Waals surface area contributed by atoms with Crippen LogP contribution in [-0.4, -0.2) is 42.8 Å². The van der Waals surface area contributed by atoms with Gasteiger partial charge in [-0.25, -0.2) is 8.42 Å². The molecule has 2 heterocycles. The standard InChI is InChI=1S/C12H20N4O3S.ClH/c1-12(7-13)3-4-16(8-12)20(18,19)9-5-10(11(14)17)15(2)6-9;/h5-6H,3-4,7-8,13H2,1-2H3,(H2,14,17);1H. The molecular formula is C12H21ClN4O3S. The number of amides is 1. The largest absolute Gasteiger partial charge is 0.364 e. The second-order valence-electron chi connectivity index (χ2n) is 5.64. The molecule has 7 nitrogen and oxygen atoms in total. The van der Waals surface area contributed by atoms with Crippen LogP contribution in [-0.2, 0) is 17.1 Å². The summed E-state index contributed by atoms with van der Waals surface area (Å²) in [5.74, 6) is -0.651. The van der Waals surface area contributed by atoms with E-state index in [4.69, 9.17) is 11.5 Å². The van der Waals surface area contributed by atoms with Crippen LogP contribution in [0.15, 0.2) is 17.2 Å². The summed E-state index contributed by atoms with van der Waals surface area (Å²) in [6, 6.07) is 1.32. The highest BCUT2D eigenvalue weighted by molar-refractivity contribution is 7.89. The minimum atomic E-state index is -3.61. The predicted octanol–water partition coefficient (Wildman–Crippen LogP) is -0.0948. The van der Waals surface area contributed by atoms with Gasteiger partial charge >= 0.3 is 0 Å². The molecule has 1 amide bonds. The SMILES string of the molecule is Cl.Cn1cc(S(=O)(=O)N2CCC(C)(CN)C2)cc1C(N)=O. The maximum absolute atomic E-state index is 12.5. The summed E-state index contributed by atoms with van der Waals surface area (Å²) in [6.07, 6.45) is 2.14. The summed E-state index contributed by atoms with van der Waals surface area (Å²) in [5.41, 5.74) is 10.9. The summed E-state index contributed by atoms with van der Waals surface area (Å²) in [7, 11) is -2.02. The van der Waals surface area contributed by atoms with E-state index >= 15 is 0 Å². The number of rotatable bonds is 4. The number of sulfonamides is 1. The zero-order valence-electron chi connectivity index (χ0n) is 12.1. The molecule has 1 aromatic heterocycles. The Morgan fingerprint density at radius 3 is 2.52 bits per heavy atom. The lowest BCUT2D eigenvalue weighted by Gasteiger charge is -2.22. The quantitative estimate of drug-likeness (QED) is 0.799. The highest BCUT2D eigenvalue weighted by atomic mass is 35.5. The fourth-order valence-electron chi connectivity index (χ4n) is 2.42. The molecule has 4 N–H and O–H groups in total. The predicted molar refractivity (Wildman–Crippen MR) is 81.7 cm³/mol. The Balaban J connectivity index is 0.00000220. The number of hydrogen-bond acceptors (Lipinski definition) is 4. The van der Waals surface area contributed by atoms with Crippen LogP contribution in [0.25, 0.3) is 0 Å². The third kappa shape index (κ3) is 3.23. The molecule has 21 heavy (non-hydrogen) atoms. The number of halogens is 1. The van der Waals surface area contributed by atoms with Crippen LogP contribution in [0.1, 0.15) is 23.8 Å². The normalized spacial score (nSPS) is 23.0. The Bertz CT molecular complexity index is 643. The van der Waals surface area contributed by atoms with Crippen molar-refractivity contribution in [3.05, 3.63) is 18.0 Å². The van der Waals surface area contributed by atoms with Gasteiger partial charge < -0.3 is 16.0 Å². The Kier molecular flexibility index (Phi) is 5.09. The number of carbonyl (C=O) groups is 1. The molecule has 1 unspecified atom stereocenters. The number of nitrogens with two attached hydrogens (primary N) is 2. The minimum Gasteiger partial charge on any atom is -0.364 e. The topological polar surface area (TPSA) is 111 Å². The second kappa shape index (κ2) is 5.96. The Hall–Kier alpha value is -1.09. The van der Waals surface area contributed by atoms with Gasteiger partial charge in [0.2, 0.25) is 10.0 Å². The fraction of sp³-hybridized carbons (Fsp3) is 0.583. The van der Waals surface area contributed by atoms with Gasteiger partial charge in [0.05, 0.1) is 0 Å². The summed E-state index contributed by atoms with van der Waals surface area (Å²) in [6.45, 7) is 3.26. The van der Waals surface area contributed by atoms with Crippen molar-refractivity contribution in [2.24, 2.45) is 23.9 Å². The lowest BCUT2D eigenvalue weighted by molar-refractivity contribution is 0.0992. The van der Waals surface area contributed by atoms with Crippen molar-refractivity contribution in [1.29, 1.82) is 0 Å². The highest BCUT2D eigenvalue weighted by Gasteiger charge is 2.39. The van der Waals surface area contributed by atoms with Gasteiger partial charge in [-0.3, -0.25) is 4.79 Å². The van der Waals surface area contributed by atoms with Gasteiger partial charge in [-0.05, 0) is 24.4 Å². The van der Waals surface area contributed by atoms with E-state index in [0.717, 1.165) is 6.42 Å². The first-order chi connectivity index (χ1) is 9.19. The van der Waals surface area contributed by atoms with Crippen LogP contribution < -0.4 is 11.5 Å². The smallest absolute Gasteiger partial charge is 0.265 e. The van der Waals surface area contributed by atoms with Gasteiger partial charge in [-0.15, -0.1) is 12.4 Å². The molecule has 0 aliphatic carbocycles. The number of primary amides is 1. The summed E-state index contributed by atoms with van der Waals surface area (Å²) in [4.78, 5) is 11.3. The maximum Gasteiger partial charge on any atom is 0.265 e. The van der Waals surface area contributed by atoms with E-state index < -0.39 is 15.9 Å². The molecule has 2 rings (SSSR count). The number of carbonyl (C=O) groups excluding carboxylic acids is 1. The van der Waals surface area contributed by atoms with E-state index in [-0.39, 0.29) is 28.4 Å². The van der Waals surface area contributed by atoms with Crippen molar-refractivity contribution in [1.82, 2.24) is 8.87 Å². The molecule has 0 bridgehead atoms. The van der Waals surface area contributed by atoms with Gasteiger partial charge in [-0.2, -0.15) is 4.31 Å². The number of hydrogen-bond donors (Lipinski definition) is 2. The molecule has 1 atom stereocenters. The molecule has 1 aliphatic rings. The van der Waals surface area contributed by atoms with E-state index in [2.05, 4.69) is 0 Å². The molecule has 1 aliphatic heterocycles. The van der Waals surface area contributed by atoms with Gasteiger partial charge in [0, 0.05) is 26.3 Å². The van der Waals surface area contributed by atoms with Crippen LogP contribution in [0.2, 0.25) is 0 Å².